The Bertz CT molecular complexity index is 1180. The number of hydrogen-bond donors (Lipinski definition) is 5. The zero-order valence-corrected chi connectivity index (χ0v) is 19.6. The van der Waals surface area contributed by atoms with Gasteiger partial charge in [0.1, 0.15) is 6.04 Å². The molecule has 3 aromatic rings. The van der Waals surface area contributed by atoms with Crippen LogP contribution in [0.5, 0.6) is 0 Å². The highest BCUT2D eigenvalue weighted by molar-refractivity contribution is 6.06. The smallest absolute Gasteiger partial charge is 0.312 e. The highest BCUT2D eigenvalue weighted by Gasteiger charge is 2.34. The number of anilines is 1. The Morgan fingerprint density at radius 3 is 2.29 bits per heavy atom. The minimum absolute atomic E-state index is 0.184. The second-order valence-corrected chi connectivity index (χ2v) is 9.12. The van der Waals surface area contributed by atoms with Crippen molar-refractivity contribution in [3.05, 3.63) is 59.8 Å². The van der Waals surface area contributed by atoms with Crippen molar-refractivity contribution in [2.75, 3.05) is 18.8 Å². The van der Waals surface area contributed by atoms with Gasteiger partial charge in [-0.2, -0.15) is 5.10 Å². The molecule has 0 saturated heterocycles. The first-order valence-corrected chi connectivity index (χ1v) is 11.0. The van der Waals surface area contributed by atoms with E-state index < -0.39 is 23.4 Å². The van der Waals surface area contributed by atoms with Crippen LogP contribution in [0.4, 0.5) is 10.5 Å². The number of carbonyl (C=O) groups excluding carboxylic acids is 3. The fraction of sp³-hybridized carbons (Fsp3) is 0.333. The minimum atomic E-state index is -0.824. The van der Waals surface area contributed by atoms with Crippen molar-refractivity contribution in [3.63, 3.8) is 0 Å². The average Bonchev–Trinajstić information content (AvgIpc) is 3.14. The molecule has 1 aromatic heterocycles. The molecule has 0 spiro atoms. The number of nitrogen functional groups attached to an aromatic ring is 1. The number of nitrogens with zero attached hydrogens (tertiary/aromatic N) is 2. The van der Waals surface area contributed by atoms with Crippen LogP contribution in [-0.4, -0.2) is 46.8 Å². The van der Waals surface area contributed by atoms with Crippen LogP contribution in [0, 0.1) is 5.41 Å². The Kier molecular flexibility index (Phi) is 7.40. The standard InChI is InChI=1S/C24H31N7O3/c1-24(2,3)20(22(33)27-12-13-28-23(26)34)29-21(32)19-17-6-4-5-7-18(17)31(30-19)14-15-8-10-16(25)11-9-15/h4-11,20H,12-14,25H2,1-3H3,(H,27,33)(H,29,32)(H3,26,28,34). The second kappa shape index (κ2) is 10.2. The third kappa shape index (κ3) is 6.03. The first-order chi connectivity index (χ1) is 16.1. The Labute approximate surface area is 198 Å². The number of fused-ring (bicyclic) bond motifs is 1. The monoisotopic (exact) mass is 465 g/mol. The van der Waals surface area contributed by atoms with Crippen molar-refractivity contribution in [1.29, 1.82) is 0 Å². The summed E-state index contributed by atoms with van der Waals surface area (Å²) in [6.07, 6.45) is 0. The van der Waals surface area contributed by atoms with Crippen LogP contribution in [0.1, 0.15) is 36.8 Å². The first-order valence-electron chi connectivity index (χ1n) is 11.0. The second-order valence-electron chi connectivity index (χ2n) is 9.12. The zero-order chi connectivity index (χ0) is 24.9. The van der Waals surface area contributed by atoms with E-state index in [0.29, 0.717) is 17.6 Å². The quantitative estimate of drug-likeness (QED) is 0.252. The Morgan fingerprint density at radius 1 is 1.00 bits per heavy atom. The number of nitrogens with one attached hydrogen (secondary N) is 3. The summed E-state index contributed by atoms with van der Waals surface area (Å²) in [5.41, 5.74) is 13.0. The lowest BCUT2D eigenvalue weighted by Crippen LogP contribution is -2.54. The van der Waals surface area contributed by atoms with E-state index in [0.717, 1.165) is 11.1 Å². The Morgan fingerprint density at radius 2 is 1.65 bits per heavy atom. The van der Waals surface area contributed by atoms with Gasteiger partial charge in [0.15, 0.2) is 5.69 Å². The van der Waals surface area contributed by atoms with Crippen molar-refractivity contribution in [2.45, 2.75) is 33.4 Å². The van der Waals surface area contributed by atoms with E-state index in [1.54, 1.807) is 4.68 Å². The number of hydrogen-bond acceptors (Lipinski definition) is 5. The molecular formula is C24H31N7O3. The van der Waals surface area contributed by atoms with Crippen LogP contribution in [0.25, 0.3) is 10.9 Å². The van der Waals surface area contributed by atoms with Crippen molar-refractivity contribution >= 4 is 34.4 Å². The summed E-state index contributed by atoms with van der Waals surface area (Å²) in [5.74, 6) is -0.810. The van der Waals surface area contributed by atoms with Crippen LogP contribution in [0.3, 0.4) is 0 Å². The first kappa shape index (κ1) is 24.6. The molecule has 10 nitrogen and oxygen atoms in total. The minimum Gasteiger partial charge on any atom is -0.399 e. The molecule has 0 aliphatic rings. The fourth-order valence-corrected chi connectivity index (χ4v) is 3.56. The van der Waals surface area contributed by atoms with Gasteiger partial charge in [0.25, 0.3) is 5.91 Å². The van der Waals surface area contributed by atoms with E-state index in [-0.39, 0.29) is 24.7 Å². The lowest BCUT2D eigenvalue weighted by molar-refractivity contribution is -0.125. The number of urea groups is 1. The molecule has 0 aliphatic carbocycles. The average molecular weight is 466 g/mol. The number of rotatable bonds is 8. The molecule has 1 heterocycles. The predicted molar refractivity (Wildman–Crippen MR) is 131 cm³/mol. The Balaban J connectivity index is 1.82. The highest BCUT2D eigenvalue weighted by atomic mass is 16.2. The number of carbonyl (C=O) groups is 3. The maximum atomic E-state index is 13.3. The Hall–Kier alpha value is -4.08. The van der Waals surface area contributed by atoms with Gasteiger partial charge in [-0.05, 0) is 29.2 Å². The van der Waals surface area contributed by atoms with E-state index in [4.69, 9.17) is 11.5 Å². The lowest BCUT2D eigenvalue weighted by Gasteiger charge is -2.30. The topological polar surface area (TPSA) is 157 Å². The number of aromatic nitrogens is 2. The van der Waals surface area contributed by atoms with Gasteiger partial charge < -0.3 is 27.4 Å². The van der Waals surface area contributed by atoms with Crippen LogP contribution in [-0.2, 0) is 11.3 Å². The molecule has 0 aliphatic heterocycles. The maximum Gasteiger partial charge on any atom is 0.312 e. The summed E-state index contributed by atoms with van der Waals surface area (Å²) in [5, 5.41) is 13.2. The molecule has 34 heavy (non-hydrogen) atoms. The number of primary amides is 1. The molecule has 0 bridgehead atoms. The van der Waals surface area contributed by atoms with Crippen LogP contribution < -0.4 is 27.4 Å². The molecule has 0 radical (unpaired) electrons. The van der Waals surface area contributed by atoms with Gasteiger partial charge in [-0.15, -0.1) is 0 Å². The van der Waals surface area contributed by atoms with Gasteiger partial charge in [0, 0.05) is 24.2 Å². The summed E-state index contributed by atoms with van der Waals surface area (Å²) in [6, 6.07) is 13.4. The van der Waals surface area contributed by atoms with Gasteiger partial charge in [-0.1, -0.05) is 51.1 Å². The fourth-order valence-electron chi connectivity index (χ4n) is 3.56. The highest BCUT2D eigenvalue weighted by Crippen LogP contribution is 2.23. The largest absolute Gasteiger partial charge is 0.399 e. The SMILES string of the molecule is CC(C)(C)C(NC(=O)c1nn(Cc2ccc(N)cc2)c2ccccc12)C(=O)NCCNC(N)=O. The summed E-state index contributed by atoms with van der Waals surface area (Å²) < 4.78 is 1.76. The molecule has 4 amide bonds. The number of nitrogens with two attached hydrogens (primary N) is 2. The van der Waals surface area contributed by atoms with Gasteiger partial charge in [0.05, 0.1) is 12.1 Å². The molecule has 1 atom stereocenters. The van der Waals surface area contributed by atoms with Crippen molar-refractivity contribution in [1.82, 2.24) is 25.7 Å². The summed E-state index contributed by atoms with van der Waals surface area (Å²) in [6.45, 7) is 6.41. The molecule has 2 aromatic carbocycles. The molecule has 0 saturated carbocycles. The molecule has 180 valence electrons. The maximum absolute atomic E-state index is 13.3. The van der Waals surface area contributed by atoms with E-state index in [1.165, 1.54) is 0 Å². The molecule has 0 fully saturated rings. The number of amides is 4. The van der Waals surface area contributed by atoms with Gasteiger partial charge in [-0.25, -0.2) is 4.79 Å². The van der Waals surface area contributed by atoms with Crippen molar-refractivity contribution < 1.29 is 14.4 Å². The van der Waals surface area contributed by atoms with Gasteiger partial charge in [0.2, 0.25) is 5.91 Å². The normalized spacial score (nSPS) is 12.2. The van der Waals surface area contributed by atoms with E-state index in [2.05, 4.69) is 21.0 Å². The number of para-hydroxylation sites is 1. The molecule has 1 unspecified atom stereocenters. The van der Waals surface area contributed by atoms with Crippen LogP contribution in [0.2, 0.25) is 0 Å². The third-order valence-electron chi connectivity index (χ3n) is 5.31. The molecular weight excluding hydrogens is 434 g/mol. The van der Waals surface area contributed by atoms with E-state index in [1.807, 2.05) is 69.3 Å². The van der Waals surface area contributed by atoms with E-state index >= 15 is 0 Å². The summed E-state index contributed by atoms with van der Waals surface area (Å²) >= 11 is 0. The predicted octanol–water partition coefficient (Wildman–Crippen LogP) is 1.60. The van der Waals surface area contributed by atoms with Crippen LogP contribution in [0.15, 0.2) is 48.5 Å². The summed E-state index contributed by atoms with van der Waals surface area (Å²) in [4.78, 5) is 36.9. The van der Waals surface area contributed by atoms with Crippen LogP contribution >= 0.6 is 0 Å². The van der Waals surface area contributed by atoms with Gasteiger partial charge >= 0.3 is 6.03 Å². The molecule has 3 rings (SSSR count). The molecule has 10 heteroatoms. The number of benzene rings is 2. The zero-order valence-electron chi connectivity index (χ0n) is 19.6. The third-order valence-corrected chi connectivity index (χ3v) is 5.31. The lowest BCUT2D eigenvalue weighted by atomic mass is 9.86. The van der Waals surface area contributed by atoms with E-state index in [9.17, 15) is 14.4 Å². The van der Waals surface area contributed by atoms with Crippen molar-refractivity contribution in [2.24, 2.45) is 11.1 Å². The summed E-state index contributed by atoms with van der Waals surface area (Å²) in [7, 11) is 0. The van der Waals surface area contributed by atoms with Gasteiger partial charge in [-0.3, -0.25) is 14.3 Å². The molecule has 7 N–H and O–H groups in total. The van der Waals surface area contributed by atoms with Crippen molar-refractivity contribution in [3.8, 4) is 0 Å².